The van der Waals surface area contributed by atoms with Crippen molar-refractivity contribution in [2.24, 2.45) is 5.73 Å². The quantitative estimate of drug-likeness (QED) is 0.917. The lowest BCUT2D eigenvalue weighted by Crippen LogP contribution is -2.14. The van der Waals surface area contributed by atoms with Gasteiger partial charge in [-0.25, -0.2) is 4.39 Å². The Hall–Kier alpha value is -2.07. The van der Waals surface area contributed by atoms with Gasteiger partial charge in [-0.05, 0) is 42.2 Å². The van der Waals surface area contributed by atoms with Crippen LogP contribution in [0.3, 0.4) is 0 Å². The Kier molecular flexibility index (Phi) is 4.81. The van der Waals surface area contributed by atoms with Gasteiger partial charge in [-0.3, -0.25) is 0 Å². The largest absolute Gasteiger partial charge is 0.496 e. The van der Waals surface area contributed by atoms with E-state index < -0.39 is 0 Å². The van der Waals surface area contributed by atoms with Crippen LogP contribution in [-0.4, -0.2) is 14.2 Å². The number of benzene rings is 2. The van der Waals surface area contributed by atoms with Crippen molar-refractivity contribution in [3.8, 4) is 11.5 Å². The first-order chi connectivity index (χ1) is 10.1. The monoisotopic (exact) mass is 289 g/mol. The van der Waals surface area contributed by atoms with Crippen LogP contribution in [0.1, 0.15) is 22.7 Å². The molecule has 0 spiro atoms. The van der Waals surface area contributed by atoms with Gasteiger partial charge in [-0.1, -0.05) is 24.3 Å². The second-order valence-corrected chi connectivity index (χ2v) is 4.97. The fraction of sp³-hybridized carbons (Fsp3) is 0.294. The molecule has 2 aromatic carbocycles. The molecule has 3 nitrogen and oxygen atoms in total. The van der Waals surface area contributed by atoms with E-state index in [9.17, 15) is 4.39 Å². The molecule has 4 heteroatoms. The first-order valence-corrected chi connectivity index (χ1v) is 6.78. The maximum Gasteiger partial charge on any atom is 0.168 e. The van der Waals surface area contributed by atoms with Gasteiger partial charge in [0.05, 0.1) is 14.2 Å². The zero-order chi connectivity index (χ0) is 15.4. The summed E-state index contributed by atoms with van der Waals surface area (Å²) in [5.74, 6) is 0.713. The van der Waals surface area contributed by atoms with Crippen LogP contribution in [-0.2, 0) is 6.42 Å². The molecular formula is C17H20FNO2. The van der Waals surface area contributed by atoms with Gasteiger partial charge in [-0.2, -0.15) is 0 Å². The normalized spacial score (nSPS) is 12.0. The summed E-state index contributed by atoms with van der Waals surface area (Å²) < 4.78 is 24.4. The van der Waals surface area contributed by atoms with Crippen LogP contribution in [0.15, 0.2) is 36.4 Å². The molecule has 0 aromatic heterocycles. The summed E-state index contributed by atoms with van der Waals surface area (Å²) >= 11 is 0. The number of nitrogens with two attached hydrogens (primary N) is 1. The van der Waals surface area contributed by atoms with Crippen LogP contribution in [0.25, 0.3) is 0 Å². The maximum absolute atomic E-state index is 14.1. The van der Waals surface area contributed by atoms with Crippen molar-refractivity contribution < 1.29 is 13.9 Å². The third-order valence-electron chi connectivity index (χ3n) is 3.55. The molecule has 2 rings (SSSR count). The summed E-state index contributed by atoms with van der Waals surface area (Å²) in [6.45, 7) is 1.96. The molecule has 2 aromatic rings. The van der Waals surface area contributed by atoms with Gasteiger partial charge in [0.15, 0.2) is 11.6 Å². The molecule has 21 heavy (non-hydrogen) atoms. The number of ether oxygens (including phenoxy) is 2. The van der Waals surface area contributed by atoms with E-state index in [1.165, 1.54) is 7.11 Å². The average molecular weight is 289 g/mol. The van der Waals surface area contributed by atoms with Crippen LogP contribution < -0.4 is 15.2 Å². The second kappa shape index (κ2) is 6.59. The van der Waals surface area contributed by atoms with Gasteiger partial charge in [0.25, 0.3) is 0 Å². The van der Waals surface area contributed by atoms with Crippen molar-refractivity contribution >= 4 is 0 Å². The highest BCUT2D eigenvalue weighted by Gasteiger charge is 2.14. The van der Waals surface area contributed by atoms with Crippen molar-refractivity contribution in [2.45, 2.75) is 19.4 Å². The Labute approximate surface area is 124 Å². The van der Waals surface area contributed by atoms with Crippen LogP contribution in [0.5, 0.6) is 11.5 Å². The van der Waals surface area contributed by atoms with E-state index in [4.69, 9.17) is 15.2 Å². The van der Waals surface area contributed by atoms with Gasteiger partial charge in [0.2, 0.25) is 0 Å². The zero-order valence-corrected chi connectivity index (χ0v) is 12.5. The summed E-state index contributed by atoms with van der Waals surface area (Å²) in [5.41, 5.74) is 8.72. The van der Waals surface area contributed by atoms with Crippen LogP contribution in [0.4, 0.5) is 4.39 Å². The topological polar surface area (TPSA) is 44.5 Å². The van der Waals surface area contributed by atoms with Gasteiger partial charge in [0.1, 0.15) is 5.75 Å². The summed E-state index contributed by atoms with van der Waals surface area (Å²) in [4.78, 5) is 0. The van der Waals surface area contributed by atoms with Crippen molar-refractivity contribution in [3.05, 3.63) is 58.9 Å². The van der Waals surface area contributed by atoms with Crippen molar-refractivity contribution in [1.29, 1.82) is 0 Å². The highest BCUT2D eigenvalue weighted by molar-refractivity contribution is 5.38. The predicted octanol–water partition coefficient (Wildman–Crippen LogP) is 3.39. The summed E-state index contributed by atoms with van der Waals surface area (Å²) in [7, 11) is 3.09. The van der Waals surface area contributed by atoms with E-state index in [1.54, 1.807) is 25.3 Å². The van der Waals surface area contributed by atoms with E-state index in [1.807, 2.05) is 25.1 Å². The average Bonchev–Trinajstić information content (AvgIpc) is 2.49. The van der Waals surface area contributed by atoms with E-state index in [-0.39, 0.29) is 17.6 Å². The van der Waals surface area contributed by atoms with Gasteiger partial charge < -0.3 is 15.2 Å². The first kappa shape index (κ1) is 15.3. The van der Waals surface area contributed by atoms with E-state index >= 15 is 0 Å². The van der Waals surface area contributed by atoms with Gasteiger partial charge in [-0.15, -0.1) is 0 Å². The molecule has 0 saturated heterocycles. The molecule has 0 aliphatic carbocycles. The van der Waals surface area contributed by atoms with Crippen LogP contribution >= 0.6 is 0 Å². The van der Waals surface area contributed by atoms with Crippen LogP contribution in [0.2, 0.25) is 0 Å². The lowest BCUT2D eigenvalue weighted by molar-refractivity contribution is 0.383. The van der Waals surface area contributed by atoms with Gasteiger partial charge in [0, 0.05) is 6.04 Å². The number of methoxy groups -OCH3 is 2. The van der Waals surface area contributed by atoms with Crippen LogP contribution in [0, 0.1) is 12.7 Å². The molecule has 1 atom stereocenters. The smallest absolute Gasteiger partial charge is 0.168 e. The van der Waals surface area contributed by atoms with Crippen molar-refractivity contribution in [2.75, 3.05) is 14.2 Å². The SMILES string of the molecule is COc1ccc(C(N)Cc2cccc(OC)c2F)cc1C. The maximum atomic E-state index is 14.1. The molecule has 112 valence electrons. The molecular weight excluding hydrogens is 269 g/mol. The Balaban J connectivity index is 2.22. The predicted molar refractivity (Wildman–Crippen MR) is 81.3 cm³/mol. The fourth-order valence-electron chi connectivity index (χ4n) is 2.36. The molecule has 0 amide bonds. The minimum absolute atomic E-state index is 0.241. The third kappa shape index (κ3) is 3.34. The number of rotatable bonds is 5. The Morgan fingerprint density at radius 2 is 1.81 bits per heavy atom. The summed E-state index contributed by atoms with van der Waals surface area (Å²) in [5, 5.41) is 0. The minimum atomic E-state index is -0.347. The van der Waals surface area contributed by atoms with Gasteiger partial charge >= 0.3 is 0 Å². The Morgan fingerprint density at radius 3 is 2.43 bits per heavy atom. The lowest BCUT2D eigenvalue weighted by Gasteiger charge is -2.15. The zero-order valence-electron chi connectivity index (χ0n) is 12.5. The van der Waals surface area contributed by atoms with E-state index in [0.717, 1.165) is 16.9 Å². The molecule has 2 N–H and O–H groups in total. The molecule has 0 aliphatic rings. The van der Waals surface area contributed by atoms with E-state index in [0.29, 0.717) is 12.0 Å². The summed E-state index contributed by atoms with van der Waals surface area (Å²) in [6, 6.07) is 10.6. The van der Waals surface area contributed by atoms with Crippen molar-refractivity contribution in [3.63, 3.8) is 0 Å². The molecule has 1 unspecified atom stereocenters. The number of hydrogen-bond acceptors (Lipinski definition) is 3. The highest BCUT2D eigenvalue weighted by atomic mass is 19.1. The number of hydrogen-bond donors (Lipinski definition) is 1. The standard InChI is InChI=1S/C17H20FNO2/c1-11-9-12(7-8-15(11)20-2)14(19)10-13-5-4-6-16(21-3)17(13)18/h4-9,14H,10,19H2,1-3H3. The molecule has 0 saturated carbocycles. The Morgan fingerprint density at radius 1 is 1.10 bits per heavy atom. The molecule has 0 aliphatic heterocycles. The van der Waals surface area contributed by atoms with Crippen molar-refractivity contribution in [1.82, 2.24) is 0 Å². The molecule has 0 radical (unpaired) electrons. The highest BCUT2D eigenvalue weighted by Crippen LogP contribution is 2.26. The minimum Gasteiger partial charge on any atom is -0.496 e. The first-order valence-electron chi connectivity index (χ1n) is 6.78. The molecule has 0 bridgehead atoms. The third-order valence-corrected chi connectivity index (χ3v) is 3.55. The Bertz CT molecular complexity index is 628. The fourth-order valence-corrected chi connectivity index (χ4v) is 2.36. The molecule has 0 heterocycles. The molecule has 0 fully saturated rings. The lowest BCUT2D eigenvalue weighted by atomic mass is 9.97. The number of aryl methyl sites for hydroxylation is 1. The second-order valence-electron chi connectivity index (χ2n) is 4.97. The summed E-state index contributed by atoms with van der Waals surface area (Å²) in [6.07, 6.45) is 0.412. The number of halogens is 1. The van der Waals surface area contributed by atoms with E-state index in [2.05, 4.69) is 0 Å².